The Bertz CT molecular complexity index is 273. The molecule has 1 aromatic rings. The minimum Gasteiger partial charge on any atom is -0.473 e. The molecule has 3 heteroatoms. The molecule has 3 nitrogen and oxygen atoms in total. The highest BCUT2D eigenvalue weighted by Gasteiger charge is 1.95. The fourth-order valence-corrected chi connectivity index (χ4v) is 0.988. The van der Waals surface area contributed by atoms with Crippen molar-refractivity contribution in [2.24, 2.45) is 0 Å². The van der Waals surface area contributed by atoms with Crippen LogP contribution in [0.25, 0.3) is 0 Å². The Hall–Kier alpha value is -1.35. The minimum absolute atomic E-state index is 0.496. The molecule has 1 N–H and O–H groups in total. The van der Waals surface area contributed by atoms with Crippen molar-refractivity contribution in [2.75, 3.05) is 13.7 Å². The zero-order chi connectivity index (χ0) is 9.52. The lowest BCUT2D eigenvalue weighted by atomic mass is 10.3. The molecular formula is C10H14N2O. The van der Waals surface area contributed by atoms with Gasteiger partial charge in [-0.1, -0.05) is 12.7 Å². The maximum atomic E-state index is 5.29. The topological polar surface area (TPSA) is 34.1 Å². The molecule has 0 saturated heterocycles. The van der Waals surface area contributed by atoms with Crippen molar-refractivity contribution in [1.82, 2.24) is 10.3 Å². The first-order chi connectivity index (χ1) is 6.36. The zero-order valence-electron chi connectivity index (χ0n) is 7.79. The van der Waals surface area contributed by atoms with Crippen molar-refractivity contribution < 1.29 is 4.74 Å². The van der Waals surface area contributed by atoms with Gasteiger partial charge in [0.1, 0.15) is 6.61 Å². The van der Waals surface area contributed by atoms with Gasteiger partial charge >= 0.3 is 0 Å². The largest absolute Gasteiger partial charge is 0.473 e. The van der Waals surface area contributed by atoms with Crippen LogP contribution in [0.1, 0.15) is 5.56 Å². The number of hydrogen-bond acceptors (Lipinski definition) is 3. The Balaban J connectivity index is 2.61. The Morgan fingerprint density at radius 3 is 3.23 bits per heavy atom. The van der Waals surface area contributed by atoms with Crippen LogP contribution in [0.5, 0.6) is 5.88 Å². The molecule has 0 radical (unpaired) electrons. The molecule has 0 saturated carbocycles. The van der Waals surface area contributed by atoms with Gasteiger partial charge in [-0.15, -0.1) is 0 Å². The quantitative estimate of drug-likeness (QED) is 0.691. The van der Waals surface area contributed by atoms with Gasteiger partial charge in [0.25, 0.3) is 0 Å². The first-order valence-corrected chi connectivity index (χ1v) is 4.20. The number of nitrogens with zero attached hydrogens (tertiary/aromatic N) is 1. The lowest BCUT2D eigenvalue weighted by Gasteiger charge is -2.04. The third-order valence-corrected chi connectivity index (χ3v) is 1.53. The fraction of sp³-hybridized carbons (Fsp3) is 0.300. The Kier molecular flexibility index (Phi) is 3.99. The van der Waals surface area contributed by atoms with Crippen molar-refractivity contribution in [3.8, 4) is 5.88 Å². The molecule has 70 valence electrons. The van der Waals surface area contributed by atoms with Gasteiger partial charge < -0.3 is 10.1 Å². The van der Waals surface area contributed by atoms with E-state index in [0.717, 1.165) is 12.1 Å². The highest BCUT2D eigenvalue weighted by Crippen LogP contribution is 2.08. The van der Waals surface area contributed by atoms with Crippen LogP contribution in [-0.2, 0) is 6.54 Å². The van der Waals surface area contributed by atoms with E-state index in [1.807, 2.05) is 19.2 Å². The van der Waals surface area contributed by atoms with Gasteiger partial charge in [-0.3, -0.25) is 0 Å². The summed E-state index contributed by atoms with van der Waals surface area (Å²) in [5.41, 5.74) is 1.16. The van der Waals surface area contributed by atoms with E-state index < -0.39 is 0 Å². The Morgan fingerprint density at radius 1 is 1.69 bits per heavy atom. The summed E-state index contributed by atoms with van der Waals surface area (Å²) in [5.74, 6) is 0.646. The molecule has 0 unspecified atom stereocenters. The van der Waals surface area contributed by atoms with Crippen molar-refractivity contribution in [3.05, 3.63) is 36.5 Å². The second-order valence-corrected chi connectivity index (χ2v) is 2.63. The lowest BCUT2D eigenvalue weighted by molar-refractivity contribution is 0.348. The lowest BCUT2D eigenvalue weighted by Crippen LogP contribution is -2.05. The number of pyridine rings is 1. The van der Waals surface area contributed by atoms with Crippen LogP contribution < -0.4 is 10.1 Å². The molecule has 1 rings (SSSR count). The molecule has 0 atom stereocenters. The number of aromatic nitrogens is 1. The molecule has 0 aliphatic rings. The summed E-state index contributed by atoms with van der Waals surface area (Å²) < 4.78 is 5.29. The van der Waals surface area contributed by atoms with E-state index >= 15 is 0 Å². The Morgan fingerprint density at radius 2 is 2.54 bits per heavy atom. The highest BCUT2D eigenvalue weighted by atomic mass is 16.5. The first-order valence-electron chi connectivity index (χ1n) is 4.20. The van der Waals surface area contributed by atoms with E-state index in [9.17, 15) is 0 Å². The maximum Gasteiger partial charge on any atom is 0.213 e. The molecule has 0 aliphatic heterocycles. The molecule has 1 heterocycles. The van der Waals surface area contributed by atoms with E-state index in [4.69, 9.17) is 4.74 Å². The average molecular weight is 178 g/mol. The summed E-state index contributed by atoms with van der Waals surface area (Å²) >= 11 is 0. The summed E-state index contributed by atoms with van der Waals surface area (Å²) in [6, 6.07) is 3.87. The van der Waals surface area contributed by atoms with Crippen molar-refractivity contribution in [2.45, 2.75) is 6.54 Å². The van der Waals surface area contributed by atoms with Gasteiger partial charge in [0.2, 0.25) is 5.88 Å². The zero-order valence-corrected chi connectivity index (χ0v) is 7.79. The van der Waals surface area contributed by atoms with Crippen LogP contribution in [-0.4, -0.2) is 18.6 Å². The predicted octanol–water partition coefficient (Wildman–Crippen LogP) is 1.37. The van der Waals surface area contributed by atoms with E-state index in [-0.39, 0.29) is 0 Å². The van der Waals surface area contributed by atoms with E-state index in [0.29, 0.717) is 12.5 Å². The molecule has 0 aliphatic carbocycles. The van der Waals surface area contributed by atoms with Crippen LogP contribution in [0.2, 0.25) is 0 Å². The van der Waals surface area contributed by atoms with Crippen LogP contribution >= 0.6 is 0 Å². The molecule has 0 aromatic carbocycles. The van der Waals surface area contributed by atoms with Crippen LogP contribution in [0.3, 0.4) is 0 Å². The van der Waals surface area contributed by atoms with Gasteiger partial charge in [-0.2, -0.15) is 0 Å². The van der Waals surface area contributed by atoms with Gasteiger partial charge in [0, 0.05) is 18.8 Å². The first kappa shape index (κ1) is 9.74. The standard InChI is InChI=1S/C10H14N2O/c1-3-6-13-10-7-9(8-11-2)4-5-12-10/h3-5,7,11H,1,6,8H2,2H3. The second-order valence-electron chi connectivity index (χ2n) is 2.63. The summed E-state index contributed by atoms with van der Waals surface area (Å²) in [6.07, 6.45) is 3.44. The molecule has 0 spiro atoms. The number of rotatable bonds is 5. The predicted molar refractivity (Wildman–Crippen MR) is 52.7 cm³/mol. The molecular weight excluding hydrogens is 164 g/mol. The summed E-state index contributed by atoms with van der Waals surface area (Å²) in [5, 5.41) is 3.06. The van der Waals surface area contributed by atoms with Crippen LogP contribution in [0.4, 0.5) is 0 Å². The second kappa shape index (κ2) is 5.32. The van der Waals surface area contributed by atoms with Gasteiger partial charge in [-0.05, 0) is 18.7 Å². The molecule has 0 bridgehead atoms. The molecule has 0 amide bonds. The summed E-state index contributed by atoms with van der Waals surface area (Å²) in [7, 11) is 1.91. The van der Waals surface area contributed by atoms with Crippen LogP contribution in [0, 0.1) is 0 Å². The third kappa shape index (κ3) is 3.25. The van der Waals surface area contributed by atoms with Crippen molar-refractivity contribution in [1.29, 1.82) is 0 Å². The number of ether oxygens (including phenoxy) is 1. The van der Waals surface area contributed by atoms with Crippen LogP contribution in [0.15, 0.2) is 31.0 Å². The minimum atomic E-state index is 0.496. The fourth-order valence-electron chi connectivity index (χ4n) is 0.988. The Labute approximate surface area is 78.4 Å². The van der Waals surface area contributed by atoms with Crippen molar-refractivity contribution in [3.63, 3.8) is 0 Å². The molecule has 0 fully saturated rings. The number of nitrogens with one attached hydrogen (secondary N) is 1. The highest BCUT2D eigenvalue weighted by molar-refractivity contribution is 5.20. The van der Waals surface area contributed by atoms with Gasteiger partial charge in [0.05, 0.1) is 0 Å². The molecule has 1 aromatic heterocycles. The van der Waals surface area contributed by atoms with Gasteiger partial charge in [-0.25, -0.2) is 4.98 Å². The van der Waals surface area contributed by atoms with Gasteiger partial charge in [0.15, 0.2) is 0 Å². The number of hydrogen-bond donors (Lipinski definition) is 1. The van der Waals surface area contributed by atoms with E-state index in [1.165, 1.54) is 0 Å². The SMILES string of the molecule is C=CCOc1cc(CNC)ccn1. The van der Waals surface area contributed by atoms with E-state index in [1.54, 1.807) is 12.3 Å². The normalized spacial score (nSPS) is 9.62. The smallest absolute Gasteiger partial charge is 0.213 e. The average Bonchev–Trinajstić information content (AvgIpc) is 2.16. The molecule has 13 heavy (non-hydrogen) atoms. The van der Waals surface area contributed by atoms with E-state index in [2.05, 4.69) is 16.9 Å². The van der Waals surface area contributed by atoms with Crippen molar-refractivity contribution >= 4 is 0 Å². The monoisotopic (exact) mass is 178 g/mol. The summed E-state index contributed by atoms with van der Waals surface area (Å²) in [4.78, 5) is 4.06. The maximum absolute atomic E-state index is 5.29. The third-order valence-electron chi connectivity index (χ3n) is 1.53. The summed E-state index contributed by atoms with van der Waals surface area (Å²) in [6.45, 7) is 4.89.